The summed E-state index contributed by atoms with van der Waals surface area (Å²) in [5.74, 6) is 1.83. The maximum absolute atomic E-state index is 11.5. The Morgan fingerprint density at radius 3 is 2.68 bits per heavy atom. The lowest BCUT2D eigenvalue weighted by molar-refractivity contribution is -0.115. The first-order valence-electron chi connectivity index (χ1n) is 12.2. The molecule has 3 heterocycles. The molecule has 202 valence electrons. The Hall–Kier alpha value is -4.23. The fraction of sp³-hybridized carbons (Fsp3) is 0.400. The molecule has 1 fully saturated rings. The number of ether oxygens (including phenoxy) is 1. The first-order valence-corrected chi connectivity index (χ1v) is 12.2. The number of nitrogens with one attached hydrogen (secondary N) is 3. The van der Waals surface area contributed by atoms with Gasteiger partial charge in [-0.15, -0.1) is 0 Å². The number of fused-ring (bicyclic) bond motifs is 1. The molecule has 1 amide bonds. The van der Waals surface area contributed by atoms with Crippen molar-refractivity contribution in [1.29, 1.82) is 5.53 Å². The van der Waals surface area contributed by atoms with E-state index in [0.29, 0.717) is 50.5 Å². The van der Waals surface area contributed by atoms with Crippen molar-refractivity contribution < 1.29 is 14.3 Å². The summed E-state index contributed by atoms with van der Waals surface area (Å²) in [5.41, 5.74) is 12.9. The third kappa shape index (κ3) is 9.01. The second-order valence-corrected chi connectivity index (χ2v) is 8.97. The number of hydrogen-bond acceptors (Lipinski definition) is 11. The lowest BCUT2D eigenvalue weighted by Gasteiger charge is -2.28. The Morgan fingerprint density at radius 2 is 1.97 bits per heavy atom. The first kappa shape index (κ1) is 28.3. The van der Waals surface area contributed by atoms with Crippen LogP contribution < -0.4 is 15.6 Å². The second kappa shape index (κ2) is 14.5. The molecule has 0 saturated carbocycles. The predicted molar refractivity (Wildman–Crippen MR) is 145 cm³/mol. The number of morpholine rings is 1. The predicted octanol–water partition coefficient (Wildman–Crippen LogP) is 1.93. The number of nitrogens with zero attached hydrogens (tertiary/aromatic N) is 7. The molecular formula is C25H34N10O3. The highest BCUT2D eigenvalue weighted by Gasteiger charge is 2.17. The first-order chi connectivity index (χ1) is 18.4. The van der Waals surface area contributed by atoms with E-state index in [1.54, 1.807) is 6.21 Å². The molecule has 0 spiro atoms. The summed E-state index contributed by atoms with van der Waals surface area (Å²) < 4.78 is 5.44. The molecule has 0 unspecified atom stereocenters. The summed E-state index contributed by atoms with van der Waals surface area (Å²) in [7, 11) is 6.00. The van der Waals surface area contributed by atoms with Crippen LogP contribution in [0.5, 0.6) is 0 Å². The molecule has 0 radical (unpaired) electrons. The van der Waals surface area contributed by atoms with Crippen molar-refractivity contribution in [3.8, 4) is 0 Å². The summed E-state index contributed by atoms with van der Waals surface area (Å²) in [5, 5.41) is 11.8. The van der Waals surface area contributed by atoms with Gasteiger partial charge in [-0.05, 0) is 50.5 Å². The zero-order chi connectivity index (χ0) is 27.3. The molecule has 3 N–H and O–H groups in total. The van der Waals surface area contributed by atoms with Gasteiger partial charge in [0, 0.05) is 44.0 Å². The van der Waals surface area contributed by atoms with Gasteiger partial charge >= 0.3 is 0 Å². The number of rotatable bonds is 10. The minimum atomic E-state index is -0.00944. The monoisotopic (exact) mass is 522 g/mol. The van der Waals surface area contributed by atoms with Crippen LogP contribution in [0.15, 0.2) is 46.9 Å². The van der Waals surface area contributed by atoms with Gasteiger partial charge in [0.15, 0.2) is 5.82 Å². The van der Waals surface area contributed by atoms with E-state index in [4.69, 9.17) is 10.3 Å². The van der Waals surface area contributed by atoms with Gasteiger partial charge in [0.25, 0.3) is 0 Å². The van der Waals surface area contributed by atoms with E-state index in [9.17, 15) is 9.59 Å². The summed E-state index contributed by atoms with van der Waals surface area (Å²) >= 11 is 0. The Labute approximate surface area is 222 Å². The Balaban J connectivity index is 0.000000934. The molecule has 0 bridgehead atoms. The molecule has 0 aliphatic carbocycles. The number of aromatic nitrogens is 2. The lowest BCUT2D eigenvalue weighted by atomic mass is 10.1. The second-order valence-electron chi connectivity index (χ2n) is 8.97. The number of carbonyl (C=O) groups is 2. The number of amides is 1. The van der Waals surface area contributed by atoms with Crippen LogP contribution in [0.2, 0.25) is 0 Å². The number of allylic oxidation sites excluding steroid dienone is 1. The van der Waals surface area contributed by atoms with Crippen LogP contribution in [0, 0.1) is 5.53 Å². The highest BCUT2D eigenvalue weighted by atomic mass is 16.5. The molecule has 4 rings (SSSR count). The Bertz CT molecular complexity index is 1160. The molecular weight excluding hydrogens is 488 g/mol. The number of benzene rings is 1. The van der Waals surface area contributed by atoms with E-state index in [0.717, 1.165) is 35.7 Å². The highest BCUT2D eigenvalue weighted by molar-refractivity contribution is 6.00. The maximum Gasteiger partial charge on any atom is 0.228 e. The van der Waals surface area contributed by atoms with Crippen LogP contribution in [0.25, 0.3) is 0 Å². The number of aldehydes is 1. The van der Waals surface area contributed by atoms with Crippen LogP contribution in [0.1, 0.15) is 17.0 Å². The quantitative estimate of drug-likeness (QED) is 0.140. The van der Waals surface area contributed by atoms with Crippen molar-refractivity contribution in [3.05, 3.63) is 53.5 Å². The highest BCUT2D eigenvalue weighted by Crippen LogP contribution is 2.23. The number of hydrogen-bond donors (Lipinski definition) is 3. The molecule has 1 aromatic heterocycles. The largest absolute Gasteiger partial charge is 0.378 e. The summed E-state index contributed by atoms with van der Waals surface area (Å²) in [6.45, 7) is 3.02. The average Bonchev–Trinajstić information content (AvgIpc) is 3.28. The van der Waals surface area contributed by atoms with E-state index >= 15 is 0 Å². The van der Waals surface area contributed by atoms with Gasteiger partial charge in [-0.3, -0.25) is 20.0 Å². The minimum Gasteiger partial charge on any atom is -0.378 e. The summed E-state index contributed by atoms with van der Waals surface area (Å²) in [6, 6.07) is 7.50. The van der Waals surface area contributed by atoms with Crippen molar-refractivity contribution in [3.63, 3.8) is 0 Å². The van der Waals surface area contributed by atoms with Crippen molar-refractivity contribution in [2.24, 2.45) is 10.3 Å². The van der Waals surface area contributed by atoms with Gasteiger partial charge < -0.3 is 19.9 Å². The molecule has 1 aromatic carbocycles. The standard InChI is InChI=1S/C22H25N9O3.C3H9N/c23-29-31(5-1-9-32)6-4-19-26-20(14-21(27-19)30-7-10-34-11-8-30)28-24-15-16-2-3-18-17(12-16)13-22(33)25-18;1-4(2)3/h1-3,5,9,12,14-15,23H,4,6-8,10-11,13H2,(H,25,33)(H,26,27,28);1-3H3/b5-1+,24-15+,29-23?;. The van der Waals surface area contributed by atoms with Gasteiger partial charge in [-0.1, -0.05) is 11.3 Å². The minimum absolute atomic E-state index is 0.00944. The lowest BCUT2D eigenvalue weighted by Crippen LogP contribution is -2.37. The van der Waals surface area contributed by atoms with Crippen LogP contribution in [-0.2, 0) is 27.2 Å². The van der Waals surface area contributed by atoms with E-state index in [1.807, 2.05) is 50.3 Å². The molecule has 2 aromatic rings. The van der Waals surface area contributed by atoms with Crippen LogP contribution in [-0.4, -0.2) is 92.3 Å². The SMILES string of the molecule is CN(C)C.N=NN(/C=C/C=O)CCc1nc(N/N=C/c2ccc3c(c2)CC(=O)N3)cc(N2CCOCC2)n1. The maximum atomic E-state index is 11.5. The number of hydrazone groups is 1. The van der Waals surface area contributed by atoms with Crippen molar-refractivity contribution in [1.82, 2.24) is 19.9 Å². The fourth-order valence-corrected chi connectivity index (χ4v) is 3.62. The summed E-state index contributed by atoms with van der Waals surface area (Å²) in [6.07, 6.45) is 5.78. The van der Waals surface area contributed by atoms with E-state index in [-0.39, 0.29) is 5.91 Å². The fourth-order valence-electron chi connectivity index (χ4n) is 3.62. The molecule has 2 aliphatic heterocycles. The van der Waals surface area contributed by atoms with Gasteiger partial charge in [0.1, 0.15) is 17.9 Å². The summed E-state index contributed by atoms with van der Waals surface area (Å²) in [4.78, 5) is 35.4. The van der Waals surface area contributed by atoms with E-state index in [2.05, 4.69) is 35.9 Å². The molecule has 2 aliphatic rings. The number of carbonyl (C=O) groups excluding carboxylic acids is 2. The smallest absolute Gasteiger partial charge is 0.228 e. The van der Waals surface area contributed by atoms with Gasteiger partial charge in [0.2, 0.25) is 5.91 Å². The molecule has 13 nitrogen and oxygen atoms in total. The topological polar surface area (TPSA) is 152 Å². The van der Waals surface area contributed by atoms with Crippen molar-refractivity contribution in [2.75, 3.05) is 69.6 Å². The van der Waals surface area contributed by atoms with Crippen LogP contribution in [0.3, 0.4) is 0 Å². The van der Waals surface area contributed by atoms with Crippen molar-refractivity contribution in [2.45, 2.75) is 12.8 Å². The molecule has 13 heteroatoms. The molecule has 0 atom stereocenters. The molecule has 38 heavy (non-hydrogen) atoms. The molecule has 1 saturated heterocycles. The normalized spacial score (nSPS) is 14.7. The zero-order valence-corrected chi connectivity index (χ0v) is 21.9. The number of anilines is 3. The third-order valence-electron chi connectivity index (χ3n) is 5.27. The average molecular weight is 523 g/mol. The van der Waals surface area contributed by atoms with Crippen molar-refractivity contribution >= 4 is 35.7 Å². The van der Waals surface area contributed by atoms with Crippen LogP contribution in [0.4, 0.5) is 17.3 Å². The van der Waals surface area contributed by atoms with E-state index in [1.165, 1.54) is 17.3 Å². The van der Waals surface area contributed by atoms with Gasteiger partial charge in [-0.25, -0.2) is 9.97 Å². The van der Waals surface area contributed by atoms with Gasteiger partial charge in [-0.2, -0.15) is 10.6 Å². The Morgan fingerprint density at radius 1 is 1.21 bits per heavy atom. The van der Waals surface area contributed by atoms with Gasteiger partial charge in [0.05, 0.1) is 25.8 Å². The zero-order valence-electron chi connectivity index (χ0n) is 21.9. The van der Waals surface area contributed by atoms with Crippen LogP contribution >= 0.6 is 0 Å². The third-order valence-corrected chi connectivity index (χ3v) is 5.27. The van der Waals surface area contributed by atoms with E-state index < -0.39 is 0 Å². The Kier molecular flexibility index (Phi) is 10.8.